The first-order valence-electron chi connectivity index (χ1n) is 12.6. The second kappa shape index (κ2) is 13.8. The Labute approximate surface area is 236 Å². The molecule has 1 aliphatic rings. The molecule has 0 aliphatic carbocycles. The summed E-state index contributed by atoms with van der Waals surface area (Å²) >= 11 is 6.14. The van der Waals surface area contributed by atoms with Crippen molar-refractivity contribution in [2.24, 2.45) is 15.4 Å². The summed E-state index contributed by atoms with van der Waals surface area (Å²) in [4.78, 5) is 38.1. The lowest BCUT2D eigenvalue weighted by Gasteiger charge is -2.20. The third kappa shape index (κ3) is 8.08. The predicted molar refractivity (Wildman–Crippen MR) is 156 cm³/mol. The number of anilines is 2. The van der Waals surface area contributed by atoms with Gasteiger partial charge < -0.3 is 16.0 Å². The molecule has 0 aromatic heterocycles. The molecule has 0 spiro atoms. The van der Waals surface area contributed by atoms with Crippen LogP contribution in [-0.4, -0.2) is 30.0 Å². The van der Waals surface area contributed by atoms with Gasteiger partial charge in [0, 0.05) is 47.1 Å². The van der Waals surface area contributed by atoms with E-state index in [1.165, 1.54) is 12.3 Å². The summed E-state index contributed by atoms with van der Waals surface area (Å²) in [7, 11) is 0. The molecule has 3 aromatic rings. The monoisotopic (exact) mass is 557 g/mol. The van der Waals surface area contributed by atoms with Gasteiger partial charge in [0.25, 0.3) is 0 Å². The van der Waals surface area contributed by atoms with Gasteiger partial charge in [0.1, 0.15) is 6.04 Å². The summed E-state index contributed by atoms with van der Waals surface area (Å²) in [6.45, 7) is 1.73. The lowest BCUT2D eigenvalue weighted by atomic mass is 10.0. The minimum Gasteiger partial charge on any atom is -0.340 e. The summed E-state index contributed by atoms with van der Waals surface area (Å²) in [6.07, 6.45) is 5.73. The normalized spacial score (nSPS) is 13.7. The summed E-state index contributed by atoms with van der Waals surface area (Å²) in [6, 6.07) is 18.9. The molecule has 0 bridgehead atoms. The first-order chi connectivity index (χ1) is 19.4. The Bertz CT molecular complexity index is 1470. The quantitative estimate of drug-likeness (QED) is 0.118. The van der Waals surface area contributed by atoms with Crippen LogP contribution in [0.3, 0.4) is 0 Å². The van der Waals surface area contributed by atoms with Crippen LogP contribution in [0, 0.1) is 0 Å². The maximum atomic E-state index is 13.3. The van der Waals surface area contributed by atoms with Gasteiger partial charge in [0.2, 0.25) is 17.7 Å². The number of fused-ring (bicyclic) bond motifs is 1. The van der Waals surface area contributed by atoms with E-state index in [0.29, 0.717) is 40.5 Å². The summed E-state index contributed by atoms with van der Waals surface area (Å²) in [5.74, 6) is -0.940. The van der Waals surface area contributed by atoms with Crippen molar-refractivity contribution < 1.29 is 14.4 Å². The molecule has 4 N–H and O–H groups in total. The van der Waals surface area contributed by atoms with Crippen molar-refractivity contribution in [3.63, 3.8) is 0 Å². The van der Waals surface area contributed by atoms with Crippen LogP contribution < -0.4 is 21.5 Å². The van der Waals surface area contributed by atoms with Crippen molar-refractivity contribution >= 4 is 58.7 Å². The molecule has 11 heteroatoms. The van der Waals surface area contributed by atoms with Gasteiger partial charge in [-0.05, 0) is 60.9 Å². The Hall–Kier alpha value is -4.83. The lowest BCUT2D eigenvalue weighted by Crippen LogP contribution is -2.44. The highest BCUT2D eigenvalue weighted by atomic mass is 35.5. The molecule has 0 saturated carbocycles. The maximum absolute atomic E-state index is 13.3. The smallest absolute Gasteiger partial charge is 0.247 e. The van der Waals surface area contributed by atoms with Crippen LogP contribution >= 0.6 is 11.6 Å². The third-order valence-corrected chi connectivity index (χ3v) is 6.22. The Morgan fingerprint density at radius 2 is 1.90 bits per heavy atom. The Kier molecular flexibility index (Phi) is 9.73. The van der Waals surface area contributed by atoms with Crippen LogP contribution in [0.25, 0.3) is 6.08 Å². The number of rotatable bonds is 10. The summed E-state index contributed by atoms with van der Waals surface area (Å²) < 4.78 is 0. The van der Waals surface area contributed by atoms with Crippen molar-refractivity contribution in [1.29, 1.82) is 0 Å². The topological polar surface area (TPSA) is 136 Å². The van der Waals surface area contributed by atoms with E-state index in [-0.39, 0.29) is 12.3 Å². The molecule has 0 radical (unpaired) electrons. The number of carbonyl (C=O) groups excluding carboxylic acids is 3. The maximum Gasteiger partial charge on any atom is 0.247 e. The summed E-state index contributed by atoms with van der Waals surface area (Å²) in [5, 5.41) is 20.5. The van der Waals surface area contributed by atoms with Gasteiger partial charge in [-0.2, -0.15) is 10.6 Å². The Morgan fingerprint density at radius 1 is 1.07 bits per heavy atom. The molecule has 40 heavy (non-hydrogen) atoms. The van der Waals surface area contributed by atoms with Gasteiger partial charge in [-0.1, -0.05) is 53.2 Å². The number of benzene rings is 3. The first kappa shape index (κ1) is 28.2. The second-order valence-corrected chi connectivity index (χ2v) is 9.32. The first-order valence-corrected chi connectivity index (χ1v) is 13.0. The number of hydrazone groups is 1. The fourth-order valence-corrected chi connectivity index (χ4v) is 4.21. The zero-order chi connectivity index (χ0) is 28.3. The SMILES string of the molecule is C/C=N\NN=Nc1ccc(Cl)cc1/C=C/C(=O)N[C@@H](Cc1ccccc1)C(=O)Nc1ccc2c(c1)NC(=O)CC2. The van der Waals surface area contributed by atoms with E-state index >= 15 is 0 Å². The molecule has 10 nitrogen and oxygen atoms in total. The molecule has 3 amide bonds. The van der Waals surface area contributed by atoms with Gasteiger partial charge in [0.05, 0.1) is 5.69 Å². The van der Waals surface area contributed by atoms with Gasteiger partial charge in [0.15, 0.2) is 0 Å². The molecule has 1 heterocycles. The van der Waals surface area contributed by atoms with E-state index in [4.69, 9.17) is 11.6 Å². The van der Waals surface area contributed by atoms with E-state index in [2.05, 4.69) is 36.9 Å². The van der Waals surface area contributed by atoms with Crippen molar-refractivity contribution in [1.82, 2.24) is 10.9 Å². The molecular weight excluding hydrogens is 530 g/mol. The van der Waals surface area contributed by atoms with Crippen LogP contribution in [0.15, 0.2) is 88.2 Å². The number of aryl methyl sites for hydroxylation is 1. The van der Waals surface area contributed by atoms with Crippen LogP contribution in [-0.2, 0) is 27.2 Å². The summed E-state index contributed by atoms with van der Waals surface area (Å²) in [5.41, 5.74) is 6.50. The highest BCUT2D eigenvalue weighted by molar-refractivity contribution is 6.30. The van der Waals surface area contributed by atoms with E-state index < -0.39 is 17.9 Å². The van der Waals surface area contributed by atoms with E-state index in [1.807, 2.05) is 36.4 Å². The van der Waals surface area contributed by atoms with Crippen molar-refractivity contribution in [3.05, 3.63) is 94.5 Å². The largest absolute Gasteiger partial charge is 0.340 e. The van der Waals surface area contributed by atoms with Gasteiger partial charge >= 0.3 is 0 Å². The van der Waals surface area contributed by atoms with Gasteiger partial charge in [-0.15, -0.1) is 5.11 Å². The zero-order valence-electron chi connectivity index (χ0n) is 21.7. The van der Waals surface area contributed by atoms with Crippen molar-refractivity contribution in [3.8, 4) is 0 Å². The highest BCUT2D eigenvalue weighted by Gasteiger charge is 2.22. The zero-order valence-corrected chi connectivity index (χ0v) is 22.5. The molecule has 1 aliphatic heterocycles. The lowest BCUT2D eigenvalue weighted by molar-refractivity contribution is -0.123. The minimum atomic E-state index is -0.875. The molecule has 204 valence electrons. The van der Waals surface area contributed by atoms with Crippen molar-refractivity contribution in [2.45, 2.75) is 32.2 Å². The average Bonchev–Trinajstić information content (AvgIpc) is 2.95. The Morgan fingerprint density at radius 3 is 2.70 bits per heavy atom. The average molecular weight is 558 g/mol. The molecule has 0 unspecified atom stereocenters. The number of halogens is 1. The third-order valence-electron chi connectivity index (χ3n) is 5.98. The van der Waals surface area contributed by atoms with E-state index in [1.54, 1.807) is 43.3 Å². The molecule has 4 rings (SSSR count). The van der Waals surface area contributed by atoms with E-state index in [9.17, 15) is 14.4 Å². The van der Waals surface area contributed by atoms with Crippen LogP contribution in [0.5, 0.6) is 0 Å². The fraction of sp³-hybridized carbons (Fsp3) is 0.172. The standard InChI is InChI=1S/C29H28ClN7O3/c1-2-31-36-37-35-24-13-11-22(30)17-21(24)10-15-28(39)34-26(16-19-6-4-3-5-7-19)29(40)32-23-12-8-20-9-14-27(38)33-25(20)18-23/h2-8,10-13,15,17-18,26H,9,14,16H2,1H3,(H,32,40)(H,33,38)(H,34,39)(H,35,36)/b15-10+,31-2-/t26-/m0/s1. The van der Waals surface area contributed by atoms with E-state index in [0.717, 1.165) is 11.1 Å². The van der Waals surface area contributed by atoms with Gasteiger partial charge in [-0.3, -0.25) is 14.4 Å². The molecular formula is C29H28ClN7O3. The van der Waals surface area contributed by atoms with Gasteiger partial charge in [-0.25, -0.2) is 0 Å². The number of carbonyl (C=O) groups is 3. The molecule has 3 aromatic carbocycles. The predicted octanol–water partition coefficient (Wildman–Crippen LogP) is 5.20. The molecule has 1 atom stereocenters. The van der Waals surface area contributed by atoms with Crippen LogP contribution in [0.2, 0.25) is 5.02 Å². The number of nitrogens with one attached hydrogen (secondary N) is 4. The molecule has 0 saturated heterocycles. The minimum absolute atomic E-state index is 0.0629. The number of hydrogen-bond acceptors (Lipinski definition) is 6. The molecule has 0 fully saturated rings. The number of nitrogens with zero attached hydrogens (tertiary/aromatic N) is 3. The highest BCUT2D eigenvalue weighted by Crippen LogP contribution is 2.27. The number of hydrogen-bond donors (Lipinski definition) is 4. The number of amides is 3. The van der Waals surface area contributed by atoms with Crippen LogP contribution in [0.1, 0.15) is 30.0 Å². The fourth-order valence-electron chi connectivity index (χ4n) is 4.03. The van der Waals surface area contributed by atoms with Crippen LogP contribution in [0.4, 0.5) is 17.1 Å². The Balaban J connectivity index is 1.50. The second-order valence-electron chi connectivity index (χ2n) is 8.88. The van der Waals surface area contributed by atoms with Crippen molar-refractivity contribution in [2.75, 3.05) is 10.6 Å².